The molecule has 25 heavy (non-hydrogen) atoms. The molecule has 0 saturated heterocycles. The van der Waals surface area contributed by atoms with Crippen molar-refractivity contribution in [2.45, 2.75) is 33.7 Å². The number of nitrogens with zero attached hydrogens (tertiary/aromatic N) is 2. The van der Waals surface area contributed by atoms with Crippen LogP contribution in [-0.2, 0) is 20.0 Å². The molecule has 0 saturated carbocycles. The van der Waals surface area contributed by atoms with E-state index in [2.05, 4.69) is 86.3 Å². The third-order valence-corrected chi connectivity index (χ3v) is 5.36. The molecule has 1 aromatic heterocycles. The molecule has 0 fully saturated rings. The molecule has 2 heteroatoms. The second-order valence-electron chi connectivity index (χ2n) is 7.71. The third-order valence-electron chi connectivity index (χ3n) is 5.36. The largest absolute Gasteiger partial charge is 0.348 e. The van der Waals surface area contributed by atoms with Gasteiger partial charge in [-0.05, 0) is 60.7 Å². The van der Waals surface area contributed by atoms with E-state index >= 15 is 0 Å². The number of aryl methyl sites for hydroxylation is 2. The summed E-state index contributed by atoms with van der Waals surface area (Å²) in [6.45, 7) is 12.0. The van der Waals surface area contributed by atoms with Crippen LogP contribution in [0.25, 0.3) is 16.6 Å². The van der Waals surface area contributed by atoms with Crippen molar-refractivity contribution in [3.63, 3.8) is 0 Å². The lowest BCUT2D eigenvalue weighted by Gasteiger charge is -2.20. The molecule has 2 aromatic carbocycles. The van der Waals surface area contributed by atoms with Crippen molar-refractivity contribution < 1.29 is 0 Å². The maximum Gasteiger partial charge on any atom is 0.0488 e. The Morgan fingerprint density at radius 2 is 1.88 bits per heavy atom. The number of anilines is 1. The molecular formula is C23H26N2. The lowest BCUT2D eigenvalue weighted by atomic mass is 9.98. The van der Waals surface area contributed by atoms with Crippen LogP contribution in [0.2, 0.25) is 0 Å². The van der Waals surface area contributed by atoms with Gasteiger partial charge in [-0.15, -0.1) is 0 Å². The fourth-order valence-corrected chi connectivity index (χ4v) is 3.93. The van der Waals surface area contributed by atoms with Crippen LogP contribution < -0.4 is 4.90 Å². The standard InChI is InChI=1S/C23H26N2/c1-15(2)10-18-6-7-19-14-25(17(4)22(19)12-18)21-8-9-23-20(13-21)11-16(3)24(23)5/h6-9,11-13,15H,4,10,14H2,1-3,5H3. The summed E-state index contributed by atoms with van der Waals surface area (Å²) >= 11 is 0. The summed E-state index contributed by atoms with van der Waals surface area (Å²) in [6.07, 6.45) is 1.12. The zero-order valence-electron chi connectivity index (χ0n) is 15.6. The van der Waals surface area contributed by atoms with E-state index in [0.29, 0.717) is 5.92 Å². The van der Waals surface area contributed by atoms with Gasteiger partial charge >= 0.3 is 0 Å². The van der Waals surface area contributed by atoms with Gasteiger partial charge in [0.2, 0.25) is 0 Å². The molecule has 0 atom stereocenters. The summed E-state index contributed by atoms with van der Waals surface area (Å²) in [6, 6.07) is 15.9. The zero-order chi connectivity index (χ0) is 17.7. The quantitative estimate of drug-likeness (QED) is 0.600. The minimum absolute atomic E-state index is 0.674. The zero-order valence-corrected chi connectivity index (χ0v) is 15.6. The maximum atomic E-state index is 4.40. The van der Waals surface area contributed by atoms with Gasteiger partial charge in [-0.1, -0.05) is 32.6 Å². The number of aromatic nitrogens is 1. The monoisotopic (exact) mass is 330 g/mol. The topological polar surface area (TPSA) is 8.17 Å². The molecule has 0 amide bonds. The highest BCUT2D eigenvalue weighted by molar-refractivity contribution is 5.90. The van der Waals surface area contributed by atoms with Gasteiger partial charge in [0, 0.05) is 47.1 Å². The summed E-state index contributed by atoms with van der Waals surface area (Å²) in [4.78, 5) is 2.34. The van der Waals surface area contributed by atoms with Crippen LogP contribution in [0, 0.1) is 12.8 Å². The molecule has 0 N–H and O–H groups in total. The molecule has 0 radical (unpaired) electrons. The van der Waals surface area contributed by atoms with Crippen molar-refractivity contribution in [3.05, 3.63) is 71.4 Å². The molecule has 0 aliphatic carbocycles. The molecule has 2 nitrogen and oxygen atoms in total. The lowest BCUT2D eigenvalue weighted by Crippen LogP contribution is -2.12. The Morgan fingerprint density at radius 3 is 2.64 bits per heavy atom. The highest BCUT2D eigenvalue weighted by Gasteiger charge is 2.24. The fraction of sp³-hybridized carbons (Fsp3) is 0.304. The van der Waals surface area contributed by atoms with Crippen LogP contribution in [0.15, 0.2) is 49.0 Å². The van der Waals surface area contributed by atoms with Crippen molar-refractivity contribution in [1.82, 2.24) is 4.57 Å². The Hall–Kier alpha value is -2.48. The van der Waals surface area contributed by atoms with Crippen LogP contribution in [0.5, 0.6) is 0 Å². The van der Waals surface area contributed by atoms with E-state index < -0.39 is 0 Å². The van der Waals surface area contributed by atoms with Crippen molar-refractivity contribution in [2.24, 2.45) is 13.0 Å². The van der Waals surface area contributed by atoms with E-state index in [1.165, 1.54) is 39.0 Å². The molecule has 3 aromatic rings. The van der Waals surface area contributed by atoms with E-state index in [-0.39, 0.29) is 0 Å². The minimum Gasteiger partial charge on any atom is -0.348 e. The highest BCUT2D eigenvalue weighted by atomic mass is 15.2. The molecule has 1 aliphatic heterocycles. The molecular weight excluding hydrogens is 304 g/mol. The van der Waals surface area contributed by atoms with E-state index in [0.717, 1.165) is 18.7 Å². The SMILES string of the molecule is C=C1c2cc(CC(C)C)ccc2CN1c1ccc2c(c1)cc(C)n2C. The second kappa shape index (κ2) is 5.80. The Kier molecular flexibility index (Phi) is 3.72. The van der Waals surface area contributed by atoms with Crippen LogP contribution in [0.1, 0.15) is 36.2 Å². The smallest absolute Gasteiger partial charge is 0.0488 e. The first kappa shape index (κ1) is 16.0. The van der Waals surface area contributed by atoms with Crippen molar-refractivity contribution in [1.29, 1.82) is 0 Å². The van der Waals surface area contributed by atoms with Gasteiger partial charge in [-0.3, -0.25) is 0 Å². The predicted octanol–water partition coefficient (Wildman–Crippen LogP) is 5.68. The summed E-state index contributed by atoms with van der Waals surface area (Å²) in [5.74, 6) is 0.674. The van der Waals surface area contributed by atoms with E-state index in [1.54, 1.807) is 0 Å². The third kappa shape index (κ3) is 2.66. The Balaban J connectivity index is 1.69. The molecule has 0 bridgehead atoms. The van der Waals surface area contributed by atoms with Gasteiger partial charge in [0.1, 0.15) is 0 Å². The predicted molar refractivity (Wildman–Crippen MR) is 108 cm³/mol. The molecule has 0 spiro atoms. The Labute approximate surface area is 150 Å². The Bertz CT molecular complexity index is 975. The van der Waals surface area contributed by atoms with Crippen LogP contribution in [0.3, 0.4) is 0 Å². The van der Waals surface area contributed by atoms with E-state index in [4.69, 9.17) is 0 Å². The van der Waals surface area contributed by atoms with Gasteiger partial charge in [-0.25, -0.2) is 0 Å². The second-order valence-corrected chi connectivity index (χ2v) is 7.71. The first-order chi connectivity index (χ1) is 11.9. The number of hydrogen-bond acceptors (Lipinski definition) is 1. The molecule has 0 unspecified atom stereocenters. The fourth-order valence-electron chi connectivity index (χ4n) is 3.93. The van der Waals surface area contributed by atoms with E-state index in [9.17, 15) is 0 Å². The van der Waals surface area contributed by atoms with Crippen molar-refractivity contribution in [3.8, 4) is 0 Å². The Morgan fingerprint density at radius 1 is 1.08 bits per heavy atom. The van der Waals surface area contributed by atoms with Gasteiger partial charge < -0.3 is 9.47 Å². The number of fused-ring (bicyclic) bond motifs is 2. The molecule has 128 valence electrons. The highest BCUT2D eigenvalue weighted by Crippen LogP contribution is 2.37. The van der Waals surface area contributed by atoms with Crippen LogP contribution in [0.4, 0.5) is 5.69 Å². The maximum absolute atomic E-state index is 4.40. The van der Waals surface area contributed by atoms with Gasteiger partial charge in [0.05, 0.1) is 0 Å². The summed E-state index contributed by atoms with van der Waals surface area (Å²) in [7, 11) is 2.12. The average molecular weight is 330 g/mol. The first-order valence-electron chi connectivity index (χ1n) is 9.08. The lowest BCUT2D eigenvalue weighted by molar-refractivity contribution is 0.647. The molecule has 2 heterocycles. The van der Waals surface area contributed by atoms with Gasteiger partial charge in [0.25, 0.3) is 0 Å². The summed E-state index contributed by atoms with van der Waals surface area (Å²) in [5.41, 5.74) is 9.00. The van der Waals surface area contributed by atoms with Crippen molar-refractivity contribution >= 4 is 22.3 Å². The van der Waals surface area contributed by atoms with Crippen LogP contribution >= 0.6 is 0 Å². The normalized spacial score (nSPS) is 14.0. The van der Waals surface area contributed by atoms with E-state index in [1.807, 2.05) is 0 Å². The van der Waals surface area contributed by atoms with Crippen molar-refractivity contribution in [2.75, 3.05) is 4.90 Å². The van der Waals surface area contributed by atoms with Gasteiger partial charge in [-0.2, -0.15) is 0 Å². The van der Waals surface area contributed by atoms with Gasteiger partial charge in [0.15, 0.2) is 0 Å². The molecule has 1 aliphatic rings. The summed E-state index contributed by atoms with van der Waals surface area (Å²) < 4.78 is 2.24. The first-order valence-corrected chi connectivity index (χ1v) is 9.08. The minimum atomic E-state index is 0.674. The van der Waals surface area contributed by atoms with Crippen LogP contribution in [-0.4, -0.2) is 4.57 Å². The number of hydrogen-bond donors (Lipinski definition) is 0. The number of rotatable bonds is 3. The summed E-state index contributed by atoms with van der Waals surface area (Å²) in [5, 5.41) is 1.29. The number of benzene rings is 2. The molecule has 4 rings (SSSR count). The average Bonchev–Trinajstić information content (AvgIpc) is 3.04.